The molecule has 33 heavy (non-hydrogen) atoms. The lowest BCUT2D eigenvalue weighted by Crippen LogP contribution is -2.23. The van der Waals surface area contributed by atoms with Gasteiger partial charge in [0.15, 0.2) is 0 Å². The van der Waals surface area contributed by atoms with Crippen LogP contribution in [0.5, 0.6) is 5.75 Å². The number of benzene rings is 3. The van der Waals surface area contributed by atoms with Gasteiger partial charge in [-0.15, -0.1) is 0 Å². The van der Waals surface area contributed by atoms with Crippen LogP contribution in [0.15, 0.2) is 65.6 Å². The van der Waals surface area contributed by atoms with E-state index in [-0.39, 0.29) is 28.1 Å². The molecule has 0 saturated heterocycles. The number of anilines is 1. The largest absolute Gasteiger partial charge is 0.491 e. The van der Waals surface area contributed by atoms with E-state index in [9.17, 15) is 13.2 Å². The molecule has 8 heteroatoms. The number of nitrogens with one attached hydrogen (secondary N) is 2. The van der Waals surface area contributed by atoms with E-state index in [0.717, 1.165) is 22.4 Å². The number of ether oxygens (including phenoxy) is 1. The molecule has 0 bridgehead atoms. The molecular formula is C25H27ClN2O4S. The molecule has 3 aromatic rings. The van der Waals surface area contributed by atoms with Crippen LogP contribution < -0.4 is 14.8 Å². The quantitative estimate of drug-likeness (QED) is 0.442. The van der Waals surface area contributed by atoms with Crippen molar-refractivity contribution < 1.29 is 17.9 Å². The van der Waals surface area contributed by atoms with Crippen molar-refractivity contribution in [1.82, 2.24) is 5.32 Å². The topological polar surface area (TPSA) is 84.5 Å². The summed E-state index contributed by atoms with van der Waals surface area (Å²) >= 11 is 6.18. The third-order valence-corrected chi connectivity index (χ3v) is 6.93. The van der Waals surface area contributed by atoms with Crippen LogP contribution >= 0.6 is 11.6 Å². The molecule has 6 nitrogen and oxygen atoms in total. The summed E-state index contributed by atoms with van der Waals surface area (Å²) in [5.74, 6) is 0.348. The van der Waals surface area contributed by atoms with E-state index >= 15 is 0 Å². The molecule has 1 amide bonds. The highest BCUT2D eigenvalue weighted by molar-refractivity contribution is 7.92. The second-order valence-corrected chi connectivity index (χ2v) is 10.0. The Bertz CT molecular complexity index is 1260. The fourth-order valence-corrected chi connectivity index (χ4v) is 4.80. The van der Waals surface area contributed by atoms with Crippen molar-refractivity contribution in [3.8, 4) is 5.75 Å². The Morgan fingerprint density at radius 1 is 1.03 bits per heavy atom. The maximum atomic E-state index is 13.0. The van der Waals surface area contributed by atoms with E-state index in [1.165, 1.54) is 18.2 Å². The van der Waals surface area contributed by atoms with E-state index in [0.29, 0.717) is 5.69 Å². The van der Waals surface area contributed by atoms with E-state index in [1.54, 1.807) is 12.1 Å². The van der Waals surface area contributed by atoms with Gasteiger partial charge in [0.2, 0.25) is 0 Å². The summed E-state index contributed by atoms with van der Waals surface area (Å²) in [6.45, 7) is 7.92. The minimum absolute atomic E-state index is 0.0325. The monoisotopic (exact) mass is 486 g/mol. The van der Waals surface area contributed by atoms with Gasteiger partial charge in [0.1, 0.15) is 10.6 Å². The number of sulfonamides is 1. The first-order chi connectivity index (χ1) is 15.6. The van der Waals surface area contributed by atoms with Crippen molar-refractivity contribution in [1.29, 1.82) is 0 Å². The van der Waals surface area contributed by atoms with Gasteiger partial charge < -0.3 is 10.1 Å². The average Bonchev–Trinajstić information content (AvgIpc) is 2.76. The van der Waals surface area contributed by atoms with E-state index in [1.807, 2.05) is 58.0 Å². The van der Waals surface area contributed by atoms with Crippen LogP contribution in [0, 0.1) is 13.8 Å². The number of halogens is 1. The van der Waals surface area contributed by atoms with Crippen molar-refractivity contribution in [2.24, 2.45) is 0 Å². The van der Waals surface area contributed by atoms with Gasteiger partial charge in [-0.3, -0.25) is 9.52 Å². The Hall–Kier alpha value is -3.03. The van der Waals surface area contributed by atoms with Crippen LogP contribution in [0.1, 0.15) is 40.9 Å². The maximum Gasteiger partial charge on any atom is 0.263 e. The van der Waals surface area contributed by atoms with Gasteiger partial charge in [0.25, 0.3) is 15.9 Å². The minimum Gasteiger partial charge on any atom is -0.491 e. The first kappa shape index (κ1) is 24.6. The summed E-state index contributed by atoms with van der Waals surface area (Å²) in [6, 6.07) is 16.9. The molecule has 3 rings (SSSR count). The summed E-state index contributed by atoms with van der Waals surface area (Å²) < 4.78 is 34.2. The summed E-state index contributed by atoms with van der Waals surface area (Å²) in [6.07, 6.45) is 0.0789. The van der Waals surface area contributed by atoms with Gasteiger partial charge >= 0.3 is 0 Å². The molecule has 0 aromatic heterocycles. The molecule has 0 spiro atoms. The number of hydrogen-bond donors (Lipinski definition) is 2. The van der Waals surface area contributed by atoms with Gasteiger partial charge in [-0.05, 0) is 80.8 Å². The zero-order valence-corrected chi connectivity index (χ0v) is 20.5. The fourth-order valence-electron chi connectivity index (χ4n) is 3.15. The molecule has 2 N–H and O–H groups in total. The second kappa shape index (κ2) is 10.3. The Balaban J connectivity index is 1.74. The van der Waals surface area contributed by atoms with Crippen molar-refractivity contribution in [2.45, 2.75) is 45.2 Å². The number of aryl methyl sites for hydroxylation is 1. The lowest BCUT2D eigenvalue weighted by molar-refractivity contribution is 0.0950. The number of carbonyl (C=O) groups excluding carboxylic acids is 1. The summed E-state index contributed by atoms with van der Waals surface area (Å²) in [4.78, 5) is 12.5. The highest BCUT2D eigenvalue weighted by Gasteiger charge is 2.21. The van der Waals surface area contributed by atoms with Gasteiger partial charge in [0.05, 0.1) is 16.8 Å². The van der Waals surface area contributed by atoms with Crippen LogP contribution in [-0.2, 0) is 16.6 Å². The molecule has 0 aliphatic carbocycles. The number of hydrogen-bond acceptors (Lipinski definition) is 4. The SMILES string of the molecule is Cc1cccc(NS(=O)(=O)c2cc(C(=O)NCc3ccc(OC(C)C)cc3)ccc2Cl)c1C. The molecule has 0 aliphatic heterocycles. The third-order valence-electron chi connectivity index (χ3n) is 5.08. The molecule has 0 fully saturated rings. The predicted molar refractivity (Wildman–Crippen MR) is 132 cm³/mol. The molecule has 0 aliphatic rings. The summed E-state index contributed by atoms with van der Waals surface area (Å²) in [7, 11) is -4.00. The Morgan fingerprint density at radius 2 is 1.73 bits per heavy atom. The molecule has 174 valence electrons. The molecule has 0 unspecified atom stereocenters. The number of rotatable bonds is 8. The smallest absolute Gasteiger partial charge is 0.263 e. The average molecular weight is 487 g/mol. The lowest BCUT2D eigenvalue weighted by Gasteiger charge is -2.14. The van der Waals surface area contributed by atoms with Crippen LogP contribution in [-0.4, -0.2) is 20.4 Å². The van der Waals surface area contributed by atoms with Crippen LogP contribution in [0.4, 0.5) is 5.69 Å². The highest BCUT2D eigenvalue weighted by Crippen LogP contribution is 2.27. The minimum atomic E-state index is -4.00. The first-order valence-electron chi connectivity index (χ1n) is 10.5. The van der Waals surface area contributed by atoms with Crippen LogP contribution in [0.25, 0.3) is 0 Å². The van der Waals surface area contributed by atoms with Crippen LogP contribution in [0.3, 0.4) is 0 Å². The standard InChI is InChI=1S/C25H27ClN2O4S/c1-16(2)32-21-11-8-19(9-12-21)15-27-25(29)20-10-13-22(26)24(14-20)33(30,31)28-23-7-5-6-17(3)18(23)4/h5-14,16,28H,15H2,1-4H3,(H,27,29). The molecule has 0 saturated carbocycles. The van der Waals surface area contributed by atoms with Crippen molar-refractivity contribution >= 4 is 33.2 Å². The van der Waals surface area contributed by atoms with Gasteiger partial charge in [0, 0.05) is 12.1 Å². The lowest BCUT2D eigenvalue weighted by atomic mass is 10.1. The summed E-state index contributed by atoms with van der Waals surface area (Å²) in [5, 5.41) is 2.83. The zero-order valence-electron chi connectivity index (χ0n) is 19.0. The molecule has 3 aromatic carbocycles. The second-order valence-electron chi connectivity index (χ2n) is 7.99. The first-order valence-corrected chi connectivity index (χ1v) is 12.4. The van der Waals surface area contributed by atoms with Crippen molar-refractivity contribution in [3.05, 3.63) is 87.9 Å². The van der Waals surface area contributed by atoms with E-state index in [2.05, 4.69) is 10.0 Å². The number of amides is 1. The summed E-state index contributed by atoms with van der Waals surface area (Å²) in [5.41, 5.74) is 3.32. The Kier molecular flexibility index (Phi) is 7.66. The number of carbonyl (C=O) groups is 1. The third kappa shape index (κ3) is 6.27. The van der Waals surface area contributed by atoms with Crippen molar-refractivity contribution in [2.75, 3.05) is 4.72 Å². The fraction of sp³-hybridized carbons (Fsp3) is 0.240. The molecule has 0 heterocycles. The Morgan fingerprint density at radius 3 is 2.39 bits per heavy atom. The van der Waals surface area contributed by atoms with Gasteiger partial charge in [-0.1, -0.05) is 35.9 Å². The zero-order chi connectivity index (χ0) is 24.2. The predicted octanol–water partition coefficient (Wildman–Crippen LogP) is 5.47. The molecular weight excluding hydrogens is 460 g/mol. The van der Waals surface area contributed by atoms with Gasteiger partial charge in [-0.25, -0.2) is 8.42 Å². The normalized spacial score (nSPS) is 11.3. The highest BCUT2D eigenvalue weighted by atomic mass is 35.5. The molecule has 0 radical (unpaired) electrons. The maximum absolute atomic E-state index is 13.0. The van der Waals surface area contributed by atoms with E-state index in [4.69, 9.17) is 16.3 Å². The molecule has 0 atom stereocenters. The Labute approximate surface area is 200 Å². The van der Waals surface area contributed by atoms with Crippen molar-refractivity contribution in [3.63, 3.8) is 0 Å². The van der Waals surface area contributed by atoms with Gasteiger partial charge in [-0.2, -0.15) is 0 Å². The van der Waals surface area contributed by atoms with E-state index < -0.39 is 15.9 Å². The van der Waals surface area contributed by atoms with Crippen LogP contribution in [0.2, 0.25) is 5.02 Å².